The van der Waals surface area contributed by atoms with Crippen LogP contribution in [0.25, 0.3) is 121 Å². The fourth-order valence-electron chi connectivity index (χ4n) is 9.83. The number of aromatic nitrogens is 5. The third kappa shape index (κ3) is 5.18. The Balaban J connectivity index is 1.17. The van der Waals surface area contributed by atoms with Crippen molar-refractivity contribution in [3.63, 3.8) is 0 Å². The average Bonchev–Trinajstić information content (AvgIpc) is 3.87. The van der Waals surface area contributed by atoms with Crippen LogP contribution in [0.4, 0.5) is 0 Å². The molecule has 10 aromatic carbocycles. The number of hydrogen-bond donors (Lipinski definition) is 0. The molecule has 0 bridgehead atoms. The number of benzene rings is 10. The molecule has 0 fully saturated rings. The second-order valence-corrected chi connectivity index (χ2v) is 16.0. The van der Waals surface area contributed by atoms with Gasteiger partial charge in [-0.3, -0.25) is 0 Å². The molecule has 3 heterocycles. The van der Waals surface area contributed by atoms with Gasteiger partial charge in [-0.25, -0.2) is 15.0 Å². The van der Waals surface area contributed by atoms with Crippen molar-refractivity contribution in [3.8, 4) is 45.5 Å². The summed E-state index contributed by atoms with van der Waals surface area (Å²) >= 11 is 0. The Kier molecular flexibility index (Phi) is 7.54. The Morgan fingerprint density at radius 3 is 1.21 bits per heavy atom. The largest absolute Gasteiger partial charge is 0.309 e. The van der Waals surface area contributed by atoms with Crippen molar-refractivity contribution in [2.24, 2.45) is 0 Å². The zero-order valence-electron chi connectivity index (χ0n) is 33.4. The van der Waals surface area contributed by atoms with E-state index in [1.807, 2.05) is 36.4 Å². The molecule has 0 aliphatic carbocycles. The number of nitrogens with zero attached hydrogens (tertiary/aromatic N) is 5. The van der Waals surface area contributed by atoms with Crippen LogP contribution in [-0.4, -0.2) is 24.1 Å². The lowest BCUT2D eigenvalue weighted by Gasteiger charge is -2.18. The molecule has 288 valence electrons. The van der Waals surface area contributed by atoms with E-state index in [4.69, 9.17) is 15.0 Å². The lowest BCUT2D eigenvalue weighted by molar-refractivity contribution is 1.07. The summed E-state index contributed by atoms with van der Waals surface area (Å²) in [5.74, 6) is 1.88. The van der Waals surface area contributed by atoms with Gasteiger partial charge in [0.05, 0.1) is 22.1 Å². The molecule has 0 atom stereocenters. The molecule has 0 N–H and O–H groups in total. The van der Waals surface area contributed by atoms with Crippen LogP contribution in [0, 0.1) is 0 Å². The molecule has 13 aromatic rings. The lowest BCUT2D eigenvalue weighted by atomic mass is 9.91. The molecular weight excluding hydrogens is 755 g/mol. The van der Waals surface area contributed by atoms with Crippen molar-refractivity contribution in [1.82, 2.24) is 24.1 Å². The van der Waals surface area contributed by atoms with Crippen LogP contribution in [0.1, 0.15) is 0 Å². The van der Waals surface area contributed by atoms with E-state index < -0.39 is 0 Å². The molecule has 0 saturated heterocycles. The molecule has 62 heavy (non-hydrogen) atoms. The van der Waals surface area contributed by atoms with Gasteiger partial charge in [-0.2, -0.15) is 0 Å². The predicted octanol–water partition coefficient (Wildman–Crippen LogP) is 14.5. The first-order valence-corrected chi connectivity index (χ1v) is 21.0. The second-order valence-electron chi connectivity index (χ2n) is 16.0. The first kappa shape index (κ1) is 34.5. The number of fused-ring (bicyclic) bond motifs is 12. The van der Waals surface area contributed by atoms with Crippen LogP contribution >= 0.6 is 0 Å². The maximum Gasteiger partial charge on any atom is 0.164 e. The highest BCUT2D eigenvalue weighted by atomic mass is 15.0. The van der Waals surface area contributed by atoms with Gasteiger partial charge < -0.3 is 9.13 Å². The molecule has 0 radical (unpaired) electrons. The molecular formula is C57H35N5. The average molecular weight is 790 g/mol. The second kappa shape index (κ2) is 13.6. The SMILES string of the molecule is c1ccc(-c2nc(-c3ccccc3)nc(-c3cc(-n4c5ccccc5c5ccc(-n6c7ccccc7c7ccccc76)cc54)cc4c5ccccc5c5ccccc5c34)n2)cc1. The topological polar surface area (TPSA) is 48.5 Å². The van der Waals surface area contributed by atoms with Crippen LogP contribution in [-0.2, 0) is 0 Å². The Labute approximate surface area is 356 Å². The summed E-state index contributed by atoms with van der Waals surface area (Å²) in [7, 11) is 0. The van der Waals surface area contributed by atoms with Gasteiger partial charge in [0.25, 0.3) is 0 Å². The van der Waals surface area contributed by atoms with E-state index in [9.17, 15) is 0 Å². The van der Waals surface area contributed by atoms with E-state index in [1.54, 1.807) is 0 Å². The fourth-order valence-corrected chi connectivity index (χ4v) is 9.83. The van der Waals surface area contributed by atoms with Crippen LogP contribution < -0.4 is 0 Å². The summed E-state index contributed by atoms with van der Waals surface area (Å²) in [4.78, 5) is 15.8. The van der Waals surface area contributed by atoms with E-state index in [-0.39, 0.29) is 0 Å². The van der Waals surface area contributed by atoms with Gasteiger partial charge in [-0.15, -0.1) is 0 Å². The van der Waals surface area contributed by atoms with Crippen LogP contribution in [0.5, 0.6) is 0 Å². The van der Waals surface area contributed by atoms with Crippen molar-refractivity contribution < 1.29 is 0 Å². The van der Waals surface area contributed by atoms with E-state index in [0.29, 0.717) is 17.5 Å². The highest BCUT2D eigenvalue weighted by Gasteiger charge is 2.22. The minimum absolute atomic E-state index is 0.622. The summed E-state index contributed by atoms with van der Waals surface area (Å²) in [5, 5.41) is 11.8. The predicted molar refractivity (Wildman–Crippen MR) is 257 cm³/mol. The van der Waals surface area contributed by atoms with Gasteiger partial charge in [0.1, 0.15) is 0 Å². The molecule has 13 rings (SSSR count). The molecule has 5 heteroatoms. The van der Waals surface area contributed by atoms with Crippen LogP contribution in [0.2, 0.25) is 0 Å². The van der Waals surface area contributed by atoms with Gasteiger partial charge in [-0.05, 0) is 69.4 Å². The molecule has 0 saturated carbocycles. The Hall–Kier alpha value is -8.41. The number of para-hydroxylation sites is 3. The minimum Gasteiger partial charge on any atom is -0.309 e. The van der Waals surface area contributed by atoms with Crippen molar-refractivity contribution in [2.45, 2.75) is 0 Å². The lowest BCUT2D eigenvalue weighted by Crippen LogP contribution is -2.02. The van der Waals surface area contributed by atoms with Gasteiger partial charge >= 0.3 is 0 Å². The molecule has 0 unspecified atom stereocenters. The van der Waals surface area contributed by atoms with E-state index >= 15 is 0 Å². The Morgan fingerprint density at radius 1 is 0.258 bits per heavy atom. The molecule has 0 spiro atoms. The summed E-state index contributed by atoms with van der Waals surface area (Å²) < 4.78 is 4.84. The minimum atomic E-state index is 0.622. The fraction of sp³-hybridized carbons (Fsp3) is 0. The summed E-state index contributed by atoms with van der Waals surface area (Å²) in [6, 6.07) is 75.7. The third-order valence-electron chi connectivity index (χ3n) is 12.5. The van der Waals surface area contributed by atoms with E-state index in [2.05, 4.69) is 185 Å². The quantitative estimate of drug-likeness (QED) is 0.163. The van der Waals surface area contributed by atoms with Gasteiger partial charge in [0.2, 0.25) is 0 Å². The molecule has 0 aliphatic heterocycles. The van der Waals surface area contributed by atoms with Crippen molar-refractivity contribution in [3.05, 3.63) is 212 Å². The van der Waals surface area contributed by atoms with E-state index in [1.165, 1.54) is 48.7 Å². The number of hydrogen-bond acceptors (Lipinski definition) is 3. The van der Waals surface area contributed by atoms with Crippen LogP contribution in [0.3, 0.4) is 0 Å². The van der Waals surface area contributed by atoms with Gasteiger partial charge in [0, 0.05) is 55.0 Å². The number of rotatable bonds is 5. The summed E-state index contributed by atoms with van der Waals surface area (Å²) in [6.07, 6.45) is 0. The zero-order valence-corrected chi connectivity index (χ0v) is 33.4. The van der Waals surface area contributed by atoms with Crippen molar-refractivity contribution in [2.75, 3.05) is 0 Å². The standard InChI is InChI=1S/C57H35N5/c1-3-17-36(18-4-1)55-58-56(37-19-5-2-6-20-37)60-57(59-55)49-34-39(33-48-42-23-8-7-21-40(42)41-22-9-10-27-47(41)54(48)49)62-52-30-16-13-26-45(52)46-32-31-38(35-53(46)62)61-50-28-14-11-24-43(50)44-25-12-15-29-51(44)61/h1-35H. The smallest absolute Gasteiger partial charge is 0.164 e. The highest BCUT2D eigenvalue weighted by molar-refractivity contribution is 6.29. The van der Waals surface area contributed by atoms with Gasteiger partial charge in [0.15, 0.2) is 17.5 Å². The third-order valence-corrected chi connectivity index (χ3v) is 12.5. The first-order chi connectivity index (χ1) is 30.8. The maximum absolute atomic E-state index is 5.35. The highest BCUT2D eigenvalue weighted by Crippen LogP contribution is 2.44. The normalized spacial score (nSPS) is 11.9. The van der Waals surface area contributed by atoms with Gasteiger partial charge in [-0.1, -0.05) is 170 Å². The van der Waals surface area contributed by atoms with Crippen molar-refractivity contribution >= 4 is 75.9 Å². The zero-order chi connectivity index (χ0) is 40.7. The summed E-state index contributed by atoms with van der Waals surface area (Å²) in [5.41, 5.74) is 9.55. The monoisotopic (exact) mass is 789 g/mol. The molecule has 0 aliphatic rings. The van der Waals surface area contributed by atoms with Crippen LogP contribution in [0.15, 0.2) is 212 Å². The Bertz CT molecular complexity index is 3810. The maximum atomic E-state index is 5.35. The molecule has 3 aromatic heterocycles. The Morgan fingerprint density at radius 2 is 0.661 bits per heavy atom. The summed E-state index contributed by atoms with van der Waals surface area (Å²) in [6.45, 7) is 0. The molecule has 5 nitrogen and oxygen atoms in total. The van der Waals surface area contributed by atoms with Crippen molar-refractivity contribution in [1.29, 1.82) is 0 Å². The molecule has 0 amide bonds. The first-order valence-electron chi connectivity index (χ1n) is 21.0. The van der Waals surface area contributed by atoms with E-state index in [0.717, 1.165) is 55.3 Å².